The first kappa shape index (κ1) is 18.1. The van der Waals surface area contributed by atoms with Crippen molar-refractivity contribution in [3.05, 3.63) is 65.2 Å². The lowest BCUT2D eigenvalue weighted by Gasteiger charge is -2.26. The highest BCUT2D eigenvalue weighted by atomic mass is 127. The lowest BCUT2D eigenvalue weighted by atomic mass is 10.0. The molecule has 124 valence electrons. The molecule has 3 N–H and O–H groups in total. The Kier molecular flexibility index (Phi) is 6.44. The van der Waals surface area contributed by atoms with Crippen molar-refractivity contribution < 1.29 is 4.74 Å². The van der Waals surface area contributed by atoms with E-state index in [1.54, 1.807) is 6.07 Å². The smallest absolute Gasteiger partial charge is 0.189 e. The van der Waals surface area contributed by atoms with E-state index in [0.29, 0.717) is 24.7 Å². The number of fused-ring (bicyclic) bond motifs is 1. The largest absolute Gasteiger partial charge is 0.493 e. The lowest BCUT2D eigenvalue weighted by Crippen LogP contribution is -2.37. The highest BCUT2D eigenvalue weighted by Crippen LogP contribution is 2.31. The number of benzene rings is 2. The zero-order valence-electron chi connectivity index (χ0n) is 13.1. The molecule has 0 amide bonds. The Bertz CT molecular complexity index is 770. The number of aliphatic imine (C=N–C) groups is 1. The number of rotatable bonds is 3. The number of hydrogen-bond donors (Lipinski definition) is 2. The molecule has 1 atom stereocenters. The maximum Gasteiger partial charge on any atom is 0.189 e. The summed E-state index contributed by atoms with van der Waals surface area (Å²) in [6, 6.07) is 17.5. The Hall–Kier alpha value is -2.27. The third kappa shape index (κ3) is 4.38. The second-order valence-corrected chi connectivity index (χ2v) is 5.39. The summed E-state index contributed by atoms with van der Waals surface area (Å²) in [6.07, 6.45) is 0.844. The number of nitrogens with zero attached hydrogens (tertiary/aromatic N) is 2. The Balaban J connectivity index is 0.00000208. The minimum atomic E-state index is 0. The molecular formula is C18H19IN4O. The summed E-state index contributed by atoms with van der Waals surface area (Å²) >= 11 is 0. The second-order valence-electron chi connectivity index (χ2n) is 5.39. The standard InChI is InChI=1S/C18H18N4O.HI/c19-11-13-4-3-5-14(10-13)12-21-18(20)22-16-8-9-23-17-7-2-1-6-15(16)17;/h1-7,10,16H,8-9,12H2,(H3,20,21,22);1H. The van der Waals surface area contributed by atoms with Gasteiger partial charge in [0.15, 0.2) is 5.96 Å². The number of nitrogens with two attached hydrogens (primary N) is 1. The number of para-hydroxylation sites is 1. The van der Waals surface area contributed by atoms with Gasteiger partial charge >= 0.3 is 0 Å². The van der Waals surface area contributed by atoms with Crippen molar-refractivity contribution in [2.24, 2.45) is 10.7 Å². The summed E-state index contributed by atoms with van der Waals surface area (Å²) in [5.41, 5.74) is 8.70. The topological polar surface area (TPSA) is 83.4 Å². The predicted octanol–water partition coefficient (Wildman–Crippen LogP) is 3.10. The summed E-state index contributed by atoms with van der Waals surface area (Å²) in [5.74, 6) is 1.29. The second kappa shape index (κ2) is 8.55. The van der Waals surface area contributed by atoms with Crippen LogP contribution in [-0.4, -0.2) is 12.6 Å². The Morgan fingerprint density at radius 3 is 2.96 bits per heavy atom. The first-order chi connectivity index (χ1) is 11.3. The van der Waals surface area contributed by atoms with E-state index < -0.39 is 0 Å². The predicted molar refractivity (Wildman–Crippen MR) is 104 cm³/mol. The average molecular weight is 434 g/mol. The van der Waals surface area contributed by atoms with Crippen molar-refractivity contribution in [3.63, 3.8) is 0 Å². The third-order valence-electron chi connectivity index (χ3n) is 3.77. The highest BCUT2D eigenvalue weighted by molar-refractivity contribution is 14.0. The molecule has 2 aromatic carbocycles. The third-order valence-corrected chi connectivity index (χ3v) is 3.77. The van der Waals surface area contributed by atoms with Gasteiger partial charge in [-0.3, -0.25) is 0 Å². The number of ether oxygens (including phenoxy) is 1. The number of halogens is 1. The number of hydrogen-bond acceptors (Lipinski definition) is 3. The van der Waals surface area contributed by atoms with E-state index in [9.17, 15) is 0 Å². The van der Waals surface area contributed by atoms with Gasteiger partial charge in [0.2, 0.25) is 0 Å². The van der Waals surface area contributed by atoms with Crippen LogP contribution in [0.5, 0.6) is 5.75 Å². The molecule has 6 heteroatoms. The SMILES string of the molecule is I.N#Cc1cccc(CN=C(N)NC2CCOc3ccccc32)c1. The fourth-order valence-corrected chi connectivity index (χ4v) is 2.63. The minimum absolute atomic E-state index is 0. The van der Waals surface area contributed by atoms with E-state index in [4.69, 9.17) is 15.7 Å². The van der Waals surface area contributed by atoms with Crippen molar-refractivity contribution in [1.82, 2.24) is 5.32 Å². The summed E-state index contributed by atoms with van der Waals surface area (Å²) in [4.78, 5) is 4.37. The van der Waals surface area contributed by atoms with E-state index in [1.807, 2.05) is 42.5 Å². The van der Waals surface area contributed by atoms with Crippen molar-refractivity contribution in [2.75, 3.05) is 6.61 Å². The van der Waals surface area contributed by atoms with Crippen LogP contribution in [0.15, 0.2) is 53.5 Å². The van der Waals surface area contributed by atoms with Crippen LogP contribution in [0.2, 0.25) is 0 Å². The lowest BCUT2D eigenvalue weighted by molar-refractivity contribution is 0.262. The van der Waals surface area contributed by atoms with Gasteiger partial charge < -0.3 is 15.8 Å². The maximum absolute atomic E-state index is 8.91. The summed E-state index contributed by atoms with van der Waals surface area (Å²) in [6.45, 7) is 1.10. The van der Waals surface area contributed by atoms with Gasteiger partial charge in [0.25, 0.3) is 0 Å². The van der Waals surface area contributed by atoms with Crippen LogP contribution in [0.3, 0.4) is 0 Å². The molecule has 0 aromatic heterocycles. The normalized spacial score (nSPS) is 16.1. The van der Waals surface area contributed by atoms with Crippen LogP contribution in [0.1, 0.15) is 29.2 Å². The molecule has 0 fully saturated rings. The van der Waals surface area contributed by atoms with Gasteiger partial charge in [-0.25, -0.2) is 4.99 Å². The minimum Gasteiger partial charge on any atom is -0.493 e. The van der Waals surface area contributed by atoms with E-state index in [0.717, 1.165) is 23.3 Å². The van der Waals surface area contributed by atoms with E-state index in [-0.39, 0.29) is 30.0 Å². The zero-order chi connectivity index (χ0) is 16.1. The fourth-order valence-electron chi connectivity index (χ4n) is 2.63. The monoisotopic (exact) mass is 434 g/mol. The number of nitriles is 1. The molecule has 0 aliphatic carbocycles. The molecule has 0 spiro atoms. The van der Waals surface area contributed by atoms with Crippen molar-refractivity contribution >= 4 is 29.9 Å². The Morgan fingerprint density at radius 1 is 1.29 bits per heavy atom. The van der Waals surface area contributed by atoms with Crippen LogP contribution in [0.4, 0.5) is 0 Å². The molecule has 0 radical (unpaired) electrons. The van der Waals surface area contributed by atoms with Gasteiger partial charge in [-0.15, -0.1) is 24.0 Å². The number of guanidine groups is 1. The average Bonchev–Trinajstić information content (AvgIpc) is 2.60. The molecule has 1 aliphatic heterocycles. The van der Waals surface area contributed by atoms with Crippen LogP contribution in [-0.2, 0) is 6.54 Å². The van der Waals surface area contributed by atoms with Crippen molar-refractivity contribution in [1.29, 1.82) is 5.26 Å². The molecule has 0 saturated carbocycles. The van der Waals surface area contributed by atoms with Crippen LogP contribution in [0, 0.1) is 11.3 Å². The van der Waals surface area contributed by atoms with Crippen LogP contribution < -0.4 is 15.8 Å². The maximum atomic E-state index is 8.91. The first-order valence-corrected chi connectivity index (χ1v) is 7.53. The van der Waals surface area contributed by atoms with Crippen LogP contribution >= 0.6 is 24.0 Å². The Morgan fingerprint density at radius 2 is 2.12 bits per heavy atom. The fraction of sp³-hybridized carbons (Fsp3) is 0.222. The molecule has 0 bridgehead atoms. The molecule has 1 unspecified atom stereocenters. The van der Waals surface area contributed by atoms with Gasteiger partial charge in [-0.1, -0.05) is 30.3 Å². The molecule has 5 nitrogen and oxygen atoms in total. The van der Waals surface area contributed by atoms with Gasteiger partial charge in [0.05, 0.1) is 30.8 Å². The Labute approximate surface area is 158 Å². The summed E-state index contributed by atoms with van der Waals surface area (Å²) in [7, 11) is 0. The van der Waals surface area contributed by atoms with Crippen molar-refractivity contribution in [2.45, 2.75) is 19.0 Å². The molecular weight excluding hydrogens is 415 g/mol. The van der Waals surface area contributed by atoms with Gasteiger partial charge in [-0.2, -0.15) is 5.26 Å². The molecule has 1 heterocycles. The summed E-state index contributed by atoms with van der Waals surface area (Å²) in [5, 5.41) is 12.2. The zero-order valence-corrected chi connectivity index (χ0v) is 15.4. The van der Waals surface area contributed by atoms with Gasteiger partial charge in [0.1, 0.15) is 5.75 Å². The van der Waals surface area contributed by atoms with Gasteiger partial charge in [-0.05, 0) is 23.8 Å². The quantitative estimate of drug-likeness (QED) is 0.442. The molecule has 3 rings (SSSR count). The number of nitrogens with one attached hydrogen (secondary N) is 1. The summed E-state index contributed by atoms with van der Waals surface area (Å²) < 4.78 is 5.64. The van der Waals surface area contributed by atoms with E-state index in [1.165, 1.54) is 0 Å². The molecule has 0 saturated heterocycles. The van der Waals surface area contributed by atoms with E-state index >= 15 is 0 Å². The highest BCUT2D eigenvalue weighted by Gasteiger charge is 2.21. The first-order valence-electron chi connectivity index (χ1n) is 7.53. The molecule has 1 aliphatic rings. The van der Waals surface area contributed by atoms with Gasteiger partial charge in [0, 0.05) is 12.0 Å². The van der Waals surface area contributed by atoms with Crippen LogP contribution in [0.25, 0.3) is 0 Å². The molecule has 24 heavy (non-hydrogen) atoms. The van der Waals surface area contributed by atoms with E-state index in [2.05, 4.69) is 16.4 Å². The van der Waals surface area contributed by atoms with Crippen molar-refractivity contribution in [3.8, 4) is 11.8 Å². The molecule has 2 aromatic rings.